The van der Waals surface area contributed by atoms with Gasteiger partial charge in [0, 0.05) is 6.20 Å². The number of nitrogens with zero attached hydrogens (tertiary/aromatic N) is 1. The van der Waals surface area contributed by atoms with E-state index in [-0.39, 0.29) is 5.02 Å². The van der Waals surface area contributed by atoms with Gasteiger partial charge in [0.25, 0.3) is 5.91 Å². The minimum absolute atomic E-state index is 0.265. The van der Waals surface area contributed by atoms with Crippen molar-refractivity contribution in [2.45, 2.75) is 0 Å². The van der Waals surface area contributed by atoms with Gasteiger partial charge in [-0.05, 0) is 22.0 Å². The third-order valence-electron chi connectivity index (χ3n) is 1.20. The molecule has 0 saturated heterocycles. The molecule has 0 aliphatic rings. The van der Waals surface area contributed by atoms with Gasteiger partial charge in [-0.1, -0.05) is 11.6 Å². The molecule has 0 aliphatic heterocycles. The summed E-state index contributed by atoms with van der Waals surface area (Å²) in [6, 6.07) is 1.49. The Hall–Kier alpha value is -0.650. The molecule has 0 aromatic carbocycles. The number of halogens is 2. The normalized spacial score (nSPS) is 9.58. The Morgan fingerprint density at radius 1 is 1.75 bits per heavy atom. The number of hydrogen-bond donors (Lipinski definition) is 2. The molecule has 1 rings (SSSR count). The third-order valence-corrected chi connectivity index (χ3v) is 1.93. The van der Waals surface area contributed by atoms with Gasteiger partial charge in [0.05, 0.1) is 10.6 Å². The molecule has 12 heavy (non-hydrogen) atoms. The fraction of sp³-hybridized carbons (Fsp3) is 0. The van der Waals surface area contributed by atoms with E-state index in [1.807, 2.05) is 5.43 Å². The summed E-state index contributed by atoms with van der Waals surface area (Å²) in [5.41, 5.74) is 2.27. The van der Waals surface area contributed by atoms with Gasteiger partial charge in [-0.15, -0.1) is 0 Å². The molecule has 0 radical (unpaired) electrons. The monoisotopic (exact) mass is 249 g/mol. The highest BCUT2D eigenvalue weighted by Gasteiger charge is 2.09. The second-order valence-corrected chi connectivity index (χ2v) is 3.18. The molecule has 0 fully saturated rings. The van der Waals surface area contributed by atoms with Crippen molar-refractivity contribution >= 4 is 33.4 Å². The summed E-state index contributed by atoms with van der Waals surface area (Å²) in [5, 5.41) is 0.265. The molecule has 1 aromatic rings. The number of aromatic nitrogens is 1. The number of nitrogen functional groups attached to an aromatic ring is 1. The van der Waals surface area contributed by atoms with E-state index in [0.29, 0.717) is 10.2 Å². The average Bonchev–Trinajstić information content (AvgIpc) is 2.08. The lowest BCUT2D eigenvalue weighted by Gasteiger charge is -2.01. The fourth-order valence-electron chi connectivity index (χ4n) is 0.665. The third kappa shape index (κ3) is 1.94. The lowest BCUT2D eigenvalue weighted by molar-refractivity contribution is 0.0953. The molecule has 0 unspecified atom stereocenters. The SMILES string of the molecule is NNC(=O)c1cc(Br)ncc1Cl. The number of hydrazine groups is 1. The highest BCUT2D eigenvalue weighted by molar-refractivity contribution is 9.10. The van der Waals surface area contributed by atoms with Crippen molar-refractivity contribution in [3.05, 3.63) is 27.5 Å². The topological polar surface area (TPSA) is 68.0 Å². The lowest BCUT2D eigenvalue weighted by Crippen LogP contribution is -2.30. The van der Waals surface area contributed by atoms with Gasteiger partial charge >= 0.3 is 0 Å². The predicted molar refractivity (Wildman–Crippen MR) is 48.6 cm³/mol. The summed E-state index contributed by atoms with van der Waals surface area (Å²) in [6.07, 6.45) is 1.37. The molecular formula is C6H5BrClN3O. The van der Waals surface area contributed by atoms with Crippen LogP contribution in [0.5, 0.6) is 0 Å². The Kier molecular flexibility index (Phi) is 3.02. The molecule has 0 aliphatic carbocycles. The Morgan fingerprint density at radius 3 is 3.00 bits per heavy atom. The predicted octanol–water partition coefficient (Wildman–Crippen LogP) is 1.10. The van der Waals surface area contributed by atoms with E-state index in [2.05, 4.69) is 20.9 Å². The lowest BCUT2D eigenvalue weighted by atomic mass is 10.2. The van der Waals surface area contributed by atoms with Crippen molar-refractivity contribution in [2.24, 2.45) is 5.84 Å². The van der Waals surface area contributed by atoms with E-state index in [1.165, 1.54) is 12.3 Å². The molecule has 6 heteroatoms. The Morgan fingerprint density at radius 2 is 2.42 bits per heavy atom. The zero-order valence-electron chi connectivity index (χ0n) is 5.84. The first-order chi connectivity index (χ1) is 5.65. The summed E-state index contributed by atoms with van der Waals surface area (Å²) >= 11 is 8.77. The Balaban J connectivity index is 3.13. The van der Waals surface area contributed by atoms with Gasteiger partial charge < -0.3 is 0 Å². The summed E-state index contributed by atoms with van der Waals surface area (Å²) < 4.78 is 0.533. The van der Waals surface area contributed by atoms with Crippen LogP contribution in [0.1, 0.15) is 10.4 Å². The van der Waals surface area contributed by atoms with Crippen LogP contribution in [-0.4, -0.2) is 10.9 Å². The van der Waals surface area contributed by atoms with E-state index >= 15 is 0 Å². The van der Waals surface area contributed by atoms with Crippen molar-refractivity contribution in [1.82, 2.24) is 10.4 Å². The van der Waals surface area contributed by atoms with Crippen molar-refractivity contribution in [3.63, 3.8) is 0 Å². The van der Waals surface area contributed by atoms with Gasteiger partial charge in [-0.25, -0.2) is 10.8 Å². The Bertz CT molecular complexity index is 318. The summed E-state index contributed by atoms with van der Waals surface area (Å²) in [4.78, 5) is 14.8. The second kappa shape index (κ2) is 3.84. The van der Waals surface area contributed by atoms with Gasteiger partial charge in [-0.3, -0.25) is 10.2 Å². The number of hydrogen-bond acceptors (Lipinski definition) is 3. The molecule has 0 spiro atoms. The number of rotatable bonds is 1. The molecule has 0 saturated carbocycles. The standard InChI is InChI=1S/C6H5BrClN3O/c7-5-1-3(6(12)11-9)4(8)2-10-5/h1-2H,9H2,(H,11,12). The highest BCUT2D eigenvalue weighted by atomic mass is 79.9. The zero-order valence-corrected chi connectivity index (χ0v) is 8.19. The number of nitrogens with two attached hydrogens (primary N) is 1. The van der Waals surface area contributed by atoms with Crippen LogP contribution in [0.3, 0.4) is 0 Å². The van der Waals surface area contributed by atoms with Crippen LogP contribution in [0.4, 0.5) is 0 Å². The van der Waals surface area contributed by atoms with Crippen LogP contribution in [0.2, 0.25) is 5.02 Å². The molecule has 3 N–H and O–H groups in total. The van der Waals surface area contributed by atoms with E-state index in [4.69, 9.17) is 17.4 Å². The minimum atomic E-state index is -0.442. The highest BCUT2D eigenvalue weighted by Crippen LogP contribution is 2.17. The van der Waals surface area contributed by atoms with Crippen LogP contribution in [-0.2, 0) is 0 Å². The van der Waals surface area contributed by atoms with Crippen molar-refractivity contribution in [2.75, 3.05) is 0 Å². The van der Waals surface area contributed by atoms with Crippen molar-refractivity contribution in [1.29, 1.82) is 0 Å². The van der Waals surface area contributed by atoms with Gasteiger partial charge in [0.1, 0.15) is 4.60 Å². The molecule has 64 valence electrons. The maximum absolute atomic E-state index is 11.0. The molecular weight excluding hydrogens is 245 g/mol. The summed E-state index contributed by atoms with van der Waals surface area (Å²) in [6.45, 7) is 0. The molecule has 0 atom stereocenters. The van der Waals surface area contributed by atoms with Crippen LogP contribution < -0.4 is 11.3 Å². The van der Waals surface area contributed by atoms with E-state index in [0.717, 1.165) is 0 Å². The van der Waals surface area contributed by atoms with Crippen LogP contribution >= 0.6 is 27.5 Å². The van der Waals surface area contributed by atoms with Gasteiger partial charge in [-0.2, -0.15) is 0 Å². The largest absolute Gasteiger partial charge is 0.290 e. The number of nitrogens with one attached hydrogen (secondary N) is 1. The van der Waals surface area contributed by atoms with Gasteiger partial charge in [0.15, 0.2) is 0 Å². The van der Waals surface area contributed by atoms with Crippen LogP contribution in [0.25, 0.3) is 0 Å². The summed E-state index contributed by atoms with van der Waals surface area (Å²) in [7, 11) is 0. The Labute approximate surface area is 82.2 Å². The molecule has 1 heterocycles. The number of carbonyl (C=O) groups is 1. The quantitative estimate of drug-likeness (QED) is 0.339. The summed E-state index contributed by atoms with van der Waals surface area (Å²) in [5.74, 6) is 4.49. The molecule has 4 nitrogen and oxygen atoms in total. The van der Waals surface area contributed by atoms with Crippen LogP contribution in [0.15, 0.2) is 16.9 Å². The first-order valence-electron chi connectivity index (χ1n) is 2.97. The first kappa shape index (κ1) is 9.44. The second-order valence-electron chi connectivity index (χ2n) is 1.96. The molecule has 1 aromatic heterocycles. The average molecular weight is 250 g/mol. The minimum Gasteiger partial charge on any atom is -0.290 e. The number of carbonyl (C=O) groups excluding carboxylic acids is 1. The maximum atomic E-state index is 11.0. The zero-order chi connectivity index (χ0) is 9.14. The smallest absolute Gasteiger partial charge is 0.266 e. The molecule has 1 amide bonds. The van der Waals surface area contributed by atoms with Crippen LogP contribution in [0, 0.1) is 0 Å². The van der Waals surface area contributed by atoms with E-state index in [9.17, 15) is 4.79 Å². The van der Waals surface area contributed by atoms with Gasteiger partial charge in [0.2, 0.25) is 0 Å². The fourth-order valence-corrected chi connectivity index (χ4v) is 1.19. The van der Waals surface area contributed by atoms with Crippen molar-refractivity contribution in [3.8, 4) is 0 Å². The van der Waals surface area contributed by atoms with E-state index < -0.39 is 5.91 Å². The maximum Gasteiger partial charge on any atom is 0.266 e. The molecule has 0 bridgehead atoms. The number of pyridine rings is 1. The number of amides is 1. The first-order valence-corrected chi connectivity index (χ1v) is 4.14. The van der Waals surface area contributed by atoms with Crippen molar-refractivity contribution < 1.29 is 4.79 Å². The van der Waals surface area contributed by atoms with E-state index in [1.54, 1.807) is 0 Å².